The summed E-state index contributed by atoms with van der Waals surface area (Å²) in [5, 5.41) is 3.05. The molecule has 0 fully saturated rings. The van der Waals surface area contributed by atoms with Crippen molar-refractivity contribution in [2.24, 2.45) is 0 Å². The van der Waals surface area contributed by atoms with E-state index in [9.17, 15) is 0 Å². The molecular formula is C14H16IP. The predicted molar refractivity (Wildman–Crippen MR) is 85.3 cm³/mol. The van der Waals surface area contributed by atoms with Crippen LogP contribution < -0.4 is 10.6 Å². The molecule has 0 aromatic heterocycles. The maximum absolute atomic E-state index is 2.53. The first kappa shape index (κ1) is 12.1. The number of benzene rings is 2. The van der Waals surface area contributed by atoms with E-state index in [1.807, 2.05) is 0 Å². The van der Waals surface area contributed by atoms with Crippen LogP contribution in [0.3, 0.4) is 0 Å². The normalized spacial score (nSPS) is 12.4. The van der Waals surface area contributed by atoms with Crippen molar-refractivity contribution in [1.82, 2.24) is 0 Å². The van der Waals surface area contributed by atoms with E-state index in [4.69, 9.17) is 0 Å². The van der Waals surface area contributed by atoms with Gasteiger partial charge in [0.25, 0.3) is 0 Å². The SMILES string of the molecule is C[PH](CI)(c1ccccc1)c1ccccc1. The predicted octanol–water partition coefficient (Wildman–Crippen LogP) is 3.41. The molecule has 0 aliphatic rings. The van der Waals surface area contributed by atoms with Crippen molar-refractivity contribution in [3.8, 4) is 0 Å². The molecule has 0 saturated carbocycles. The molecule has 0 unspecified atom stereocenters. The number of alkyl halides is 1. The molecule has 0 aliphatic heterocycles. The van der Waals surface area contributed by atoms with Gasteiger partial charge in [-0.15, -0.1) is 0 Å². The Morgan fingerprint density at radius 1 is 0.812 bits per heavy atom. The third-order valence-electron chi connectivity index (χ3n) is 3.09. The molecule has 0 N–H and O–H groups in total. The van der Waals surface area contributed by atoms with Crippen molar-refractivity contribution in [2.45, 2.75) is 0 Å². The van der Waals surface area contributed by atoms with Gasteiger partial charge in [0.15, 0.2) is 0 Å². The van der Waals surface area contributed by atoms with Crippen LogP contribution in [0.15, 0.2) is 60.7 Å². The van der Waals surface area contributed by atoms with Crippen LogP contribution in [-0.2, 0) is 0 Å². The van der Waals surface area contributed by atoms with E-state index in [1.54, 1.807) is 0 Å². The molecule has 2 heteroatoms. The summed E-state index contributed by atoms with van der Waals surface area (Å²) in [5.74, 6) is 0. The Morgan fingerprint density at radius 2 is 1.19 bits per heavy atom. The van der Waals surface area contributed by atoms with Crippen molar-refractivity contribution in [3.63, 3.8) is 0 Å². The first-order chi connectivity index (χ1) is 7.77. The Hall–Kier alpha value is -0.400. The average Bonchev–Trinajstić information content (AvgIpc) is 2.40. The zero-order valence-corrected chi connectivity index (χ0v) is 12.5. The fourth-order valence-corrected chi connectivity index (χ4v) is 7.07. The summed E-state index contributed by atoms with van der Waals surface area (Å²) in [6.07, 6.45) is 0. The molecule has 0 heterocycles. The van der Waals surface area contributed by atoms with E-state index in [2.05, 4.69) is 89.9 Å². The zero-order chi connectivity index (χ0) is 11.4. The summed E-state index contributed by atoms with van der Waals surface area (Å²) in [6, 6.07) is 21.9. The van der Waals surface area contributed by atoms with Crippen molar-refractivity contribution in [2.75, 3.05) is 10.8 Å². The van der Waals surface area contributed by atoms with Crippen molar-refractivity contribution in [1.29, 1.82) is 0 Å². The molecule has 0 bridgehead atoms. The van der Waals surface area contributed by atoms with Gasteiger partial charge in [0, 0.05) is 0 Å². The molecule has 2 aromatic rings. The maximum atomic E-state index is 2.53. The van der Waals surface area contributed by atoms with Gasteiger partial charge in [0.1, 0.15) is 0 Å². The van der Waals surface area contributed by atoms with E-state index >= 15 is 0 Å². The van der Waals surface area contributed by atoms with Gasteiger partial charge in [-0.3, -0.25) is 0 Å². The Balaban J connectivity index is 2.49. The van der Waals surface area contributed by atoms with Crippen molar-refractivity contribution in [3.05, 3.63) is 60.7 Å². The monoisotopic (exact) mass is 342 g/mol. The van der Waals surface area contributed by atoms with Crippen LogP contribution in [0, 0.1) is 0 Å². The van der Waals surface area contributed by atoms with Gasteiger partial charge in [-0.1, -0.05) is 0 Å². The fourth-order valence-electron chi connectivity index (χ4n) is 1.93. The number of hydrogen-bond donors (Lipinski definition) is 0. The molecule has 0 atom stereocenters. The zero-order valence-electron chi connectivity index (χ0n) is 9.36. The fraction of sp³-hybridized carbons (Fsp3) is 0.143. The van der Waals surface area contributed by atoms with Crippen LogP contribution in [0.2, 0.25) is 0 Å². The Labute approximate surface area is 112 Å². The molecule has 0 radical (unpaired) electrons. The molecule has 0 nitrogen and oxygen atoms in total. The minimum atomic E-state index is -1.49. The van der Waals surface area contributed by atoms with Crippen molar-refractivity contribution >= 4 is 40.5 Å². The van der Waals surface area contributed by atoms with E-state index in [1.165, 1.54) is 14.8 Å². The Bertz CT molecular complexity index is 399. The van der Waals surface area contributed by atoms with Crippen molar-refractivity contribution < 1.29 is 0 Å². The summed E-state index contributed by atoms with van der Waals surface area (Å²) in [6.45, 7) is 2.45. The summed E-state index contributed by atoms with van der Waals surface area (Å²) in [4.78, 5) is 0. The summed E-state index contributed by atoms with van der Waals surface area (Å²) in [7, 11) is -1.49. The summed E-state index contributed by atoms with van der Waals surface area (Å²) in [5.41, 5.74) is 0. The second-order valence-corrected chi connectivity index (χ2v) is 10.6. The topological polar surface area (TPSA) is 0 Å². The second kappa shape index (κ2) is 5.29. The number of halogens is 1. The first-order valence-corrected chi connectivity index (χ1v) is 9.67. The van der Waals surface area contributed by atoms with Crippen LogP contribution in [0.25, 0.3) is 0 Å². The van der Waals surface area contributed by atoms with Gasteiger partial charge in [-0.05, 0) is 0 Å². The number of rotatable bonds is 3. The molecule has 2 aromatic carbocycles. The molecule has 0 spiro atoms. The van der Waals surface area contributed by atoms with Gasteiger partial charge >= 0.3 is 112 Å². The standard InChI is InChI=1S/C14H16IP/c1-16(12-15,13-8-4-2-5-9-13)14-10-6-3-7-11-14/h2-11,16H,12H2,1H3. The van der Waals surface area contributed by atoms with Gasteiger partial charge in [-0.2, -0.15) is 0 Å². The van der Waals surface area contributed by atoms with Crippen LogP contribution in [0.1, 0.15) is 0 Å². The van der Waals surface area contributed by atoms with Crippen LogP contribution >= 0.6 is 29.9 Å². The molecule has 0 amide bonds. The van der Waals surface area contributed by atoms with E-state index in [0.29, 0.717) is 0 Å². The number of hydrogen-bond acceptors (Lipinski definition) is 0. The van der Waals surface area contributed by atoms with E-state index in [-0.39, 0.29) is 0 Å². The Morgan fingerprint density at radius 3 is 1.50 bits per heavy atom. The average molecular weight is 342 g/mol. The van der Waals surface area contributed by atoms with E-state index in [0.717, 1.165) is 0 Å². The van der Waals surface area contributed by atoms with Gasteiger partial charge in [-0.25, -0.2) is 0 Å². The van der Waals surface area contributed by atoms with Gasteiger partial charge in [0.2, 0.25) is 0 Å². The third kappa shape index (κ3) is 2.31. The molecule has 0 saturated heterocycles. The van der Waals surface area contributed by atoms with Crippen LogP contribution in [-0.4, -0.2) is 10.8 Å². The molecule has 0 aliphatic carbocycles. The van der Waals surface area contributed by atoms with Crippen LogP contribution in [0.4, 0.5) is 0 Å². The third-order valence-corrected chi connectivity index (χ3v) is 11.4. The molecule has 84 valence electrons. The van der Waals surface area contributed by atoms with E-state index < -0.39 is 7.26 Å². The molecule has 2 rings (SSSR count). The molecule has 16 heavy (non-hydrogen) atoms. The van der Waals surface area contributed by atoms with Crippen LogP contribution in [0.5, 0.6) is 0 Å². The van der Waals surface area contributed by atoms with Gasteiger partial charge < -0.3 is 0 Å². The minimum absolute atomic E-state index is 1.22. The van der Waals surface area contributed by atoms with Gasteiger partial charge in [0.05, 0.1) is 0 Å². The first-order valence-electron chi connectivity index (χ1n) is 5.44. The second-order valence-electron chi connectivity index (χ2n) is 4.20. The quantitative estimate of drug-likeness (QED) is 0.456. The summed E-state index contributed by atoms with van der Waals surface area (Å²) >= 11 is 2.53. The molecular weight excluding hydrogens is 326 g/mol. The summed E-state index contributed by atoms with van der Waals surface area (Å²) < 4.78 is 1.22. The Kier molecular flexibility index (Phi) is 3.99.